The summed E-state index contributed by atoms with van der Waals surface area (Å²) in [6, 6.07) is 9.68. The van der Waals surface area contributed by atoms with Crippen molar-refractivity contribution in [1.29, 1.82) is 5.26 Å². The Morgan fingerprint density at radius 3 is 2.64 bits per heavy atom. The van der Waals surface area contributed by atoms with Crippen LogP contribution in [0.2, 0.25) is 0 Å². The number of nitrogens with one attached hydrogen (secondary N) is 1. The Morgan fingerprint density at radius 1 is 1.32 bits per heavy atom. The Bertz CT molecular complexity index is 863. The molecule has 2 aromatic carbocycles. The Kier molecular flexibility index (Phi) is 4.68. The minimum absolute atomic E-state index is 0.00978. The van der Waals surface area contributed by atoms with E-state index in [0.717, 1.165) is 12.1 Å². The number of anilines is 1. The molecule has 0 atom stereocenters. The van der Waals surface area contributed by atoms with Gasteiger partial charge in [-0.1, -0.05) is 12.1 Å². The topological polar surface area (TPSA) is 79.2 Å². The highest BCUT2D eigenvalue weighted by molar-refractivity contribution is 9.10. The van der Waals surface area contributed by atoms with Gasteiger partial charge in [-0.25, -0.2) is 12.8 Å². The highest BCUT2D eigenvalue weighted by atomic mass is 79.9. The van der Waals surface area contributed by atoms with Crippen LogP contribution in [0.5, 0.6) is 5.75 Å². The number of halogens is 2. The van der Waals surface area contributed by atoms with Crippen LogP contribution in [-0.4, -0.2) is 15.5 Å². The molecular weight excluding hydrogens is 375 g/mol. The van der Waals surface area contributed by atoms with Crippen molar-refractivity contribution in [3.8, 4) is 11.8 Å². The highest BCUT2D eigenvalue weighted by Crippen LogP contribution is 2.35. The minimum atomic E-state index is -4.06. The van der Waals surface area contributed by atoms with Crippen LogP contribution >= 0.6 is 15.9 Å². The summed E-state index contributed by atoms with van der Waals surface area (Å²) in [6.45, 7) is 0. The number of rotatable bonds is 4. The van der Waals surface area contributed by atoms with Crippen LogP contribution in [0.1, 0.15) is 5.56 Å². The maximum absolute atomic E-state index is 13.5. The molecule has 2 rings (SSSR count). The maximum atomic E-state index is 13.5. The summed E-state index contributed by atoms with van der Waals surface area (Å²) >= 11 is 3.10. The summed E-state index contributed by atoms with van der Waals surface area (Å²) in [6.07, 6.45) is 0. The van der Waals surface area contributed by atoms with Crippen molar-refractivity contribution >= 4 is 31.6 Å². The Hall–Kier alpha value is -2.11. The number of hydrogen-bond donors (Lipinski definition) is 1. The molecule has 0 saturated heterocycles. The van der Waals surface area contributed by atoms with Crippen molar-refractivity contribution in [3.63, 3.8) is 0 Å². The number of methoxy groups -OCH3 is 1. The molecule has 0 aliphatic rings. The van der Waals surface area contributed by atoms with Crippen molar-refractivity contribution in [2.75, 3.05) is 11.8 Å². The van der Waals surface area contributed by atoms with Crippen molar-refractivity contribution in [2.24, 2.45) is 0 Å². The van der Waals surface area contributed by atoms with Gasteiger partial charge in [-0.2, -0.15) is 5.26 Å². The lowest BCUT2D eigenvalue weighted by atomic mass is 10.2. The smallest absolute Gasteiger partial charge is 0.263 e. The average Bonchev–Trinajstić information content (AvgIpc) is 2.46. The first-order valence-electron chi connectivity index (χ1n) is 5.94. The van der Waals surface area contributed by atoms with Crippen LogP contribution in [0.15, 0.2) is 45.8 Å². The lowest BCUT2D eigenvalue weighted by Gasteiger charge is -2.14. The molecule has 0 radical (unpaired) electrons. The van der Waals surface area contributed by atoms with E-state index < -0.39 is 15.8 Å². The van der Waals surface area contributed by atoms with Crippen LogP contribution in [0, 0.1) is 17.1 Å². The van der Waals surface area contributed by atoms with Gasteiger partial charge in [-0.15, -0.1) is 0 Å². The molecule has 0 aliphatic heterocycles. The molecule has 114 valence electrons. The summed E-state index contributed by atoms with van der Waals surface area (Å²) in [5.74, 6) is -0.502. The molecule has 0 aromatic heterocycles. The molecule has 1 N–H and O–H groups in total. The fraction of sp³-hybridized carbons (Fsp3) is 0.0714. The average molecular weight is 385 g/mol. The molecule has 0 aliphatic carbocycles. The molecule has 0 amide bonds. The van der Waals surface area contributed by atoms with Crippen LogP contribution < -0.4 is 9.46 Å². The van der Waals surface area contributed by atoms with Gasteiger partial charge in [0.2, 0.25) is 0 Å². The van der Waals surface area contributed by atoms with E-state index in [1.54, 1.807) is 12.1 Å². The molecule has 2 aromatic rings. The molecule has 0 heterocycles. The normalized spacial score (nSPS) is 10.8. The van der Waals surface area contributed by atoms with Gasteiger partial charge in [-0.3, -0.25) is 4.72 Å². The fourth-order valence-electron chi connectivity index (χ4n) is 1.84. The van der Waals surface area contributed by atoms with E-state index in [1.165, 1.54) is 25.3 Å². The SMILES string of the molecule is COc1c(Br)cc(F)cc1NS(=O)(=O)c1ccccc1C#N. The first-order chi connectivity index (χ1) is 10.4. The molecule has 22 heavy (non-hydrogen) atoms. The van der Waals surface area contributed by atoms with E-state index in [1.807, 2.05) is 0 Å². The number of nitrogens with zero attached hydrogens (tertiary/aromatic N) is 1. The maximum Gasteiger partial charge on any atom is 0.263 e. The van der Waals surface area contributed by atoms with Crippen molar-refractivity contribution in [3.05, 3.63) is 52.3 Å². The van der Waals surface area contributed by atoms with Crippen LogP contribution in [0.3, 0.4) is 0 Å². The summed E-state index contributed by atoms with van der Waals surface area (Å²) in [5.41, 5.74) is -0.0773. The molecule has 0 saturated carbocycles. The van der Waals surface area contributed by atoms with Crippen molar-refractivity contribution < 1.29 is 17.5 Å². The largest absolute Gasteiger partial charge is 0.493 e. The standard InChI is InChI=1S/C14H10BrFN2O3S/c1-21-14-11(15)6-10(16)7-12(14)18-22(19,20)13-5-3-2-4-9(13)8-17/h2-7,18H,1H3. The van der Waals surface area contributed by atoms with Gasteiger partial charge in [0.15, 0.2) is 5.75 Å². The first kappa shape index (κ1) is 16.3. The van der Waals surface area contributed by atoms with E-state index in [0.29, 0.717) is 0 Å². The predicted octanol–water partition coefficient (Wildman–Crippen LogP) is 3.27. The second kappa shape index (κ2) is 6.34. The van der Waals surface area contributed by atoms with Gasteiger partial charge in [-0.05, 0) is 34.1 Å². The van der Waals surface area contributed by atoms with Crippen LogP contribution in [-0.2, 0) is 10.0 Å². The van der Waals surface area contributed by atoms with E-state index in [-0.39, 0.29) is 26.4 Å². The van der Waals surface area contributed by atoms with Crippen molar-refractivity contribution in [1.82, 2.24) is 0 Å². The van der Waals surface area contributed by atoms with Gasteiger partial charge in [0.25, 0.3) is 10.0 Å². The van der Waals surface area contributed by atoms with Crippen LogP contribution in [0.4, 0.5) is 10.1 Å². The second-order valence-electron chi connectivity index (χ2n) is 4.18. The van der Waals surface area contributed by atoms with E-state index in [2.05, 4.69) is 20.7 Å². The van der Waals surface area contributed by atoms with Crippen molar-refractivity contribution in [2.45, 2.75) is 4.90 Å². The van der Waals surface area contributed by atoms with E-state index in [4.69, 9.17) is 10.00 Å². The van der Waals surface area contributed by atoms with Crippen LogP contribution in [0.25, 0.3) is 0 Å². The van der Waals surface area contributed by atoms with Gasteiger partial charge < -0.3 is 4.74 Å². The van der Waals surface area contributed by atoms with Gasteiger partial charge in [0, 0.05) is 6.07 Å². The summed E-state index contributed by atoms with van der Waals surface area (Å²) in [7, 11) is -2.73. The number of nitriles is 1. The molecule has 0 spiro atoms. The Balaban J connectivity index is 2.53. The second-order valence-corrected chi connectivity index (χ2v) is 6.69. The highest BCUT2D eigenvalue weighted by Gasteiger charge is 2.21. The van der Waals surface area contributed by atoms with Gasteiger partial charge in [0.1, 0.15) is 16.8 Å². The number of ether oxygens (including phenoxy) is 1. The number of benzene rings is 2. The lowest BCUT2D eigenvalue weighted by molar-refractivity contribution is 0.413. The predicted molar refractivity (Wildman–Crippen MR) is 82.6 cm³/mol. The Labute approximate surface area is 135 Å². The third kappa shape index (κ3) is 3.21. The molecule has 0 fully saturated rings. The zero-order valence-corrected chi connectivity index (χ0v) is 13.7. The van der Waals surface area contributed by atoms with Gasteiger partial charge in [0.05, 0.1) is 22.8 Å². The number of hydrogen-bond acceptors (Lipinski definition) is 4. The minimum Gasteiger partial charge on any atom is -0.493 e. The lowest BCUT2D eigenvalue weighted by Crippen LogP contribution is -2.15. The third-order valence-corrected chi connectivity index (χ3v) is 4.77. The molecule has 0 bridgehead atoms. The molecular formula is C14H10BrFN2O3S. The molecule has 5 nitrogen and oxygen atoms in total. The van der Waals surface area contributed by atoms with E-state index >= 15 is 0 Å². The molecule has 0 unspecified atom stereocenters. The third-order valence-electron chi connectivity index (χ3n) is 2.75. The molecule has 8 heteroatoms. The zero-order chi connectivity index (χ0) is 16.3. The summed E-state index contributed by atoms with van der Waals surface area (Å²) in [5, 5.41) is 9.00. The fourth-order valence-corrected chi connectivity index (χ4v) is 3.64. The monoisotopic (exact) mass is 384 g/mol. The van der Waals surface area contributed by atoms with E-state index in [9.17, 15) is 12.8 Å². The number of sulfonamides is 1. The van der Waals surface area contributed by atoms with Gasteiger partial charge >= 0.3 is 0 Å². The quantitative estimate of drug-likeness (QED) is 0.876. The summed E-state index contributed by atoms with van der Waals surface area (Å²) < 4.78 is 45.9. The first-order valence-corrected chi connectivity index (χ1v) is 8.21. The Morgan fingerprint density at radius 2 is 2.00 bits per heavy atom. The summed E-state index contributed by atoms with van der Waals surface area (Å²) in [4.78, 5) is -0.195. The zero-order valence-electron chi connectivity index (χ0n) is 11.3.